The molecule has 0 bridgehead atoms. The van der Waals surface area contributed by atoms with Gasteiger partial charge in [-0.15, -0.1) is 0 Å². The van der Waals surface area contributed by atoms with Crippen molar-refractivity contribution < 1.29 is 4.79 Å². The molecule has 0 saturated heterocycles. The van der Waals surface area contributed by atoms with E-state index in [1.807, 2.05) is 60.7 Å². The molecule has 156 valence electrons. The van der Waals surface area contributed by atoms with Crippen LogP contribution < -0.4 is 10.6 Å². The molecule has 0 fully saturated rings. The van der Waals surface area contributed by atoms with Crippen molar-refractivity contribution in [1.82, 2.24) is 10.3 Å². The van der Waals surface area contributed by atoms with Crippen molar-refractivity contribution in [2.75, 3.05) is 5.32 Å². The fourth-order valence-electron chi connectivity index (χ4n) is 4.67. The van der Waals surface area contributed by atoms with Crippen LogP contribution in [0.25, 0.3) is 21.0 Å². The molecule has 2 amide bonds. The molecule has 4 nitrogen and oxygen atoms in total. The number of carbonyl (C=O) groups excluding carboxylic acids is 1. The molecular weight excluding hydrogens is 414 g/mol. The largest absolute Gasteiger partial charge is 0.327 e. The molecule has 1 aliphatic carbocycles. The molecule has 4 aromatic carbocycles. The molecule has 1 aliphatic rings. The number of hydrogen-bond acceptors (Lipinski definition) is 3. The number of carbonyl (C=O) groups is 1. The van der Waals surface area contributed by atoms with E-state index in [0.717, 1.165) is 34.2 Å². The Kier molecular flexibility index (Phi) is 4.62. The first-order chi connectivity index (χ1) is 15.8. The van der Waals surface area contributed by atoms with Gasteiger partial charge in [-0.05, 0) is 46.5 Å². The molecule has 0 aliphatic heterocycles. The van der Waals surface area contributed by atoms with Crippen LogP contribution in [0.15, 0.2) is 84.9 Å². The summed E-state index contributed by atoms with van der Waals surface area (Å²) < 4.78 is 1.12. The second-order valence-electron chi connectivity index (χ2n) is 8.09. The predicted molar refractivity (Wildman–Crippen MR) is 131 cm³/mol. The van der Waals surface area contributed by atoms with Crippen LogP contribution in [0.4, 0.5) is 9.93 Å². The Morgan fingerprint density at radius 3 is 2.25 bits per heavy atom. The van der Waals surface area contributed by atoms with Crippen molar-refractivity contribution in [1.29, 1.82) is 0 Å². The first-order valence-electron chi connectivity index (χ1n) is 10.8. The van der Waals surface area contributed by atoms with Gasteiger partial charge in [0.1, 0.15) is 0 Å². The van der Waals surface area contributed by atoms with Crippen molar-refractivity contribution in [3.05, 3.63) is 107 Å². The number of benzene rings is 4. The van der Waals surface area contributed by atoms with Crippen molar-refractivity contribution in [3.8, 4) is 0 Å². The number of aromatic nitrogens is 1. The number of fused-ring (bicyclic) bond motifs is 2. The number of aryl methyl sites for hydroxylation is 2. The molecule has 2 N–H and O–H groups in total. The Hall–Kier alpha value is -3.70. The number of nitrogens with one attached hydrogen (secondary N) is 2. The summed E-state index contributed by atoms with van der Waals surface area (Å²) in [5.41, 5.74) is 5.81. The summed E-state index contributed by atoms with van der Waals surface area (Å²) in [6.07, 6.45) is 2.17. The predicted octanol–water partition coefficient (Wildman–Crippen LogP) is 6.46. The fourth-order valence-corrected chi connectivity index (χ4v) is 5.61. The third-order valence-electron chi connectivity index (χ3n) is 6.11. The molecule has 5 aromatic rings. The number of urea groups is 1. The van der Waals surface area contributed by atoms with Gasteiger partial charge < -0.3 is 5.32 Å². The second-order valence-corrected chi connectivity index (χ2v) is 9.12. The molecular formula is C27H21N3OS. The number of amides is 2. The van der Waals surface area contributed by atoms with Crippen molar-refractivity contribution in [2.45, 2.75) is 18.9 Å². The highest BCUT2D eigenvalue weighted by atomic mass is 32.1. The monoisotopic (exact) mass is 435 g/mol. The van der Waals surface area contributed by atoms with Crippen LogP contribution in [-0.4, -0.2) is 11.0 Å². The van der Waals surface area contributed by atoms with Gasteiger partial charge in [-0.3, -0.25) is 5.32 Å². The van der Waals surface area contributed by atoms with E-state index < -0.39 is 0 Å². The summed E-state index contributed by atoms with van der Waals surface area (Å²) in [4.78, 5) is 17.8. The lowest BCUT2D eigenvalue weighted by atomic mass is 9.99. The number of rotatable bonds is 4. The summed E-state index contributed by atoms with van der Waals surface area (Å²) in [7, 11) is 0. The van der Waals surface area contributed by atoms with Gasteiger partial charge in [-0.1, -0.05) is 90.2 Å². The van der Waals surface area contributed by atoms with Gasteiger partial charge in [0.2, 0.25) is 0 Å². The molecule has 0 saturated carbocycles. The maximum atomic E-state index is 13.0. The highest BCUT2D eigenvalue weighted by Crippen LogP contribution is 2.39. The average molecular weight is 436 g/mol. The fraction of sp³-hybridized carbons (Fsp3) is 0.111. The van der Waals surface area contributed by atoms with Crippen molar-refractivity contribution >= 4 is 43.5 Å². The van der Waals surface area contributed by atoms with Gasteiger partial charge in [0.25, 0.3) is 0 Å². The highest BCUT2D eigenvalue weighted by Gasteiger charge is 2.20. The smallest absolute Gasteiger partial charge is 0.321 e. The first-order valence-corrected chi connectivity index (χ1v) is 11.6. The SMILES string of the molecule is O=C(Nc1nc2c(cc3c4c(cccc42)CC3)s1)NC(c1ccccc1)c1ccccc1. The van der Waals surface area contributed by atoms with Crippen LogP contribution in [0, 0.1) is 0 Å². The van der Waals surface area contributed by atoms with Gasteiger partial charge in [0.15, 0.2) is 5.13 Å². The maximum Gasteiger partial charge on any atom is 0.321 e. The van der Waals surface area contributed by atoms with Crippen LogP contribution in [-0.2, 0) is 12.8 Å². The number of thiazole rings is 1. The highest BCUT2D eigenvalue weighted by molar-refractivity contribution is 7.22. The molecule has 1 aromatic heterocycles. The topological polar surface area (TPSA) is 54.0 Å². The lowest BCUT2D eigenvalue weighted by Gasteiger charge is -2.19. The molecule has 6 rings (SSSR count). The molecule has 0 atom stereocenters. The van der Waals surface area contributed by atoms with Crippen LogP contribution in [0.5, 0.6) is 0 Å². The lowest BCUT2D eigenvalue weighted by molar-refractivity contribution is 0.250. The van der Waals surface area contributed by atoms with Gasteiger partial charge >= 0.3 is 6.03 Å². The summed E-state index contributed by atoms with van der Waals surface area (Å²) in [5.74, 6) is 0. The van der Waals surface area contributed by atoms with Crippen molar-refractivity contribution in [3.63, 3.8) is 0 Å². The zero-order chi connectivity index (χ0) is 21.5. The molecule has 32 heavy (non-hydrogen) atoms. The molecule has 1 heterocycles. The van der Waals surface area contributed by atoms with Gasteiger partial charge in [0, 0.05) is 5.39 Å². The quantitative estimate of drug-likeness (QED) is 0.340. The number of anilines is 1. The summed E-state index contributed by atoms with van der Waals surface area (Å²) in [6, 6.07) is 28.2. The third kappa shape index (κ3) is 3.31. The van der Waals surface area contributed by atoms with Gasteiger partial charge in [-0.25, -0.2) is 9.78 Å². The Bertz CT molecular complexity index is 1400. The molecule has 0 radical (unpaired) electrons. The molecule has 0 unspecified atom stereocenters. The van der Waals surface area contributed by atoms with Crippen LogP contribution in [0.3, 0.4) is 0 Å². The van der Waals surface area contributed by atoms with Crippen LogP contribution in [0.1, 0.15) is 28.3 Å². The van der Waals surface area contributed by atoms with E-state index in [9.17, 15) is 4.79 Å². The van der Waals surface area contributed by atoms with Gasteiger partial charge in [0.05, 0.1) is 16.3 Å². The van der Waals surface area contributed by atoms with E-state index in [4.69, 9.17) is 4.98 Å². The van der Waals surface area contributed by atoms with E-state index in [1.54, 1.807) is 0 Å². The lowest BCUT2D eigenvalue weighted by Crippen LogP contribution is -2.33. The third-order valence-corrected chi connectivity index (χ3v) is 7.03. The molecule has 0 spiro atoms. The normalized spacial score (nSPS) is 12.5. The Morgan fingerprint density at radius 2 is 1.53 bits per heavy atom. The second kappa shape index (κ2) is 7.77. The first kappa shape index (κ1) is 19.0. The zero-order valence-electron chi connectivity index (χ0n) is 17.3. The zero-order valence-corrected chi connectivity index (χ0v) is 18.2. The summed E-state index contributed by atoms with van der Waals surface area (Å²) in [5, 5.41) is 9.24. The average Bonchev–Trinajstić information content (AvgIpc) is 3.44. The van der Waals surface area contributed by atoms with E-state index in [2.05, 4.69) is 34.9 Å². The van der Waals surface area contributed by atoms with Crippen molar-refractivity contribution in [2.24, 2.45) is 0 Å². The standard InChI is InChI=1S/C27H21N3OS/c31-26(28-24(18-8-3-1-4-9-18)19-10-5-2-6-11-19)30-27-29-25-21-13-7-12-17-14-15-20(23(17)21)16-22(25)32-27/h1-13,16,24H,14-15H2,(H2,28,29,30,31). The van der Waals surface area contributed by atoms with Crippen LogP contribution in [0.2, 0.25) is 0 Å². The summed E-state index contributed by atoms with van der Waals surface area (Å²) >= 11 is 1.53. The Labute approximate surface area is 189 Å². The molecule has 5 heteroatoms. The van der Waals surface area contributed by atoms with E-state index in [0.29, 0.717) is 5.13 Å². The number of nitrogens with zero attached hydrogens (tertiary/aromatic N) is 1. The van der Waals surface area contributed by atoms with E-state index >= 15 is 0 Å². The Balaban J connectivity index is 1.31. The van der Waals surface area contributed by atoms with E-state index in [1.165, 1.54) is 33.2 Å². The van der Waals surface area contributed by atoms with Crippen LogP contribution >= 0.6 is 11.3 Å². The minimum absolute atomic E-state index is 0.243. The minimum Gasteiger partial charge on any atom is -0.327 e. The minimum atomic E-state index is -0.265. The maximum absolute atomic E-state index is 13.0. The Morgan fingerprint density at radius 1 is 0.844 bits per heavy atom. The van der Waals surface area contributed by atoms with E-state index in [-0.39, 0.29) is 12.1 Å². The summed E-state index contributed by atoms with van der Waals surface area (Å²) in [6.45, 7) is 0. The van der Waals surface area contributed by atoms with Gasteiger partial charge in [-0.2, -0.15) is 0 Å². The number of hydrogen-bond donors (Lipinski definition) is 2.